The molecule has 2 fully saturated rings. The summed E-state index contributed by atoms with van der Waals surface area (Å²) in [5.41, 5.74) is 1.16. The number of aromatic nitrogens is 1. The van der Waals surface area contributed by atoms with Gasteiger partial charge in [0, 0.05) is 11.3 Å². The first kappa shape index (κ1) is 6.14. The average Bonchev–Trinajstić information content (AvgIpc) is 2.90. The van der Waals surface area contributed by atoms with E-state index in [-0.39, 0.29) is 0 Å². The number of hydrogen-bond donors (Lipinski definition) is 0. The monoisotopic (exact) mass is 167 g/mol. The third kappa shape index (κ3) is 1.08. The number of ether oxygens (including phenoxy) is 1. The van der Waals surface area contributed by atoms with Crippen molar-refractivity contribution in [3.8, 4) is 0 Å². The molecule has 0 unspecified atom stereocenters. The van der Waals surface area contributed by atoms with E-state index < -0.39 is 0 Å². The third-order valence-corrected chi connectivity index (χ3v) is 3.15. The van der Waals surface area contributed by atoms with Crippen LogP contribution in [-0.4, -0.2) is 11.6 Å². The van der Waals surface area contributed by atoms with E-state index in [0.717, 1.165) is 18.2 Å². The highest BCUT2D eigenvalue weighted by molar-refractivity contribution is 7.09. The van der Waals surface area contributed by atoms with Gasteiger partial charge in [-0.1, -0.05) is 0 Å². The maximum absolute atomic E-state index is 5.15. The van der Waals surface area contributed by atoms with E-state index in [1.165, 1.54) is 17.8 Å². The summed E-state index contributed by atoms with van der Waals surface area (Å²) in [6, 6.07) is 0. The maximum atomic E-state index is 5.15. The van der Waals surface area contributed by atoms with Crippen LogP contribution in [0.5, 0.6) is 0 Å². The summed E-state index contributed by atoms with van der Waals surface area (Å²) in [5, 5.41) is 3.47. The molecule has 2 aliphatic rings. The zero-order chi connectivity index (χ0) is 7.26. The molecule has 2 nitrogen and oxygen atoms in total. The Balaban J connectivity index is 1.88. The van der Waals surface area contributed by atoms with Gasteiger partial charge >= 0.3 is 0 Å². The molecule has 0 amide bonds. The summed E-state index contributed by atoms with van der Waals surface area (Å²) in [6.07, 6.45) is 3.04. The second-order valence-electron chi connectivity index (χ2n) is 3.21. The van der Waals surface area contributed by atoms with Crippen LogP contribution in [0.4, 0.5) is 0 Å². The summed E-state index contributed by atoms with van der Waals surface area (Å²) in [4.78, 5) is 4.53. The van der Waals surface area contributed by atoms with E-state index in [1.807, 2.05) is 0 Å². The predicted molar refractivity (Wildman–Crippen MR) is 42.8 cm³/mol. The van der Waals surface area contributed by atoms with Gasteiger partial charge in [-0.05, 0) is 12.8 Å². The number of hydrogen-bond acceptors (Lipinski definition) is 3. The molecule has 3 rings (SSSR count). The number of epoxide rings is 1. The summed E-state index contributed by atoms with van der Waals surface area (Å²) in [6.45, 7) is 0.883. The van der Waals surface area contributed by atoms with Crippen molar-refractivity contribution in [1.82, 2.24) is 4.98 Å². The molecule has 58 valence electrons. The van der Waals surface area contributed by atoms with Crippen LogP contribution in [0.1, 0.15) is 35.6 Å². The molecule has 1 saturated carbocycles. The first-order valence-electron chi connectivity index (χ1n) is 4.00. The van der Waals surface area contributed by atoms with Crippen molar-refractivity contribution >= 4 is 11.3 Å². The lowest BCUT2D eigenvalue weighted by molar-refractivity contribution is 0.412. The molecule has 0 radical (unpaired) electrons. The zero-order valence-electron chi connectivity index (χ0n) is 6.12. The van der Waals surface area contributed by atoms with Crippen molar-refractivity contribution in [2.75, 3.05) is 6.61 Å². The van der Waals surface area contributed by atoms with E-state index in [0.29, 0.717) is 6.10 Å². The molecule has 0 aromatic carbocycles. The molecule has 0 N–H and O–H groups in total. The first-order chi connectivity index (χ1) is 5.43. The van der Waals surface area contributed by atoms with Gasteiger partial charge in [0.05, 0.1) is 17.3 Å². The molecule has 1 saturated heterocycles. The van der Waals surface area contributed by atoms with Crippen LogP contribution in [0.25, 0.3) is 0 Å². The lowest BCUT2D eigenvalue weighted by atomic mass is 10.4. The van der Waals surface area contributed by atoms with Gasteiger partial charge in [-0.3, -0.25) is 0 Å². The second-order valence-corrected chi connectivity index (χ2v) is 4.10. The summed E-state index contributed by atoms with van der Waals surface area (Å²) >= 11 is 1.80. The molecule has 2 heterocycles. The predicted octanol–water partition coefficient (Wildman–Crippen LogP) is 2.09. The molecular formula is C8H9NOS. The van der Waals surface area contributed by atoms with Crippen molar-refractivity contribution in [2.45, 2.75) is 24.9 Å². The smallest absolute Gasteiger partial charge is 0.124 e. The van der Waals surface area contributed by atoms with Crippen LogP contribution in [0.15, 0.2) is 5.38 Å². The molecule has 3 heteroatoms. The normalized spacial score (nSPS) is 28.9. The molecule has 1 aromatic heterocycles. The van der Waals surface area contributed by atoms with Gasteiger partial charge in [0.2, 0.25) is 0 Å². The van der Waals surface area contributed by atoms with Gasteiger partial charge in [0.15, 0.2) is 0 Å². The highest BCUT2D eigenvalue weighted by atomic mass is 32.1. The van der Waals surface area contributed by atoms with Gasteiger partial charge in [0.1, 0.15) is 6.10 Å². The molecule has 1 aliphatic heterocycles. The van der Waals surface area contributed by atoms with Gasteiger partial charge in [-0.15, -0.1) is 11.3 Å². The minimum absolute atomic E-state index is 0.346. The van der Waals surface area contributed by atoms with E-state index in [1.54, 1.807) is 11.3 Å². The van der Waals surface area contributed by atoms with Crippen LogP contribution in [0.2, 0.25) is 0 Å². The van der Waals surface area contributed by atoms with E-state index >= 15 is 0 Å². The largest absolute Gasteiger partial charge is 0.366 e. The standard InChI is InChI=1S/C8H9NOS/c1-2-5(1)8-9-6(4-11-8)7-3-10-7/h4-5,7H,1-3H2/t7-/m1/s1. The minimum atomic E-state index is 0.346. The van der Waals surface area contributed by atoms with Crippen molar-refractivity contribution in [1.29, 1.82) is 0 Å². The average molecular weight is 167 g/mol. The van der Waals surface area contributed by atoms with Crippen molar-refractivity contribution in [3.05, 3.63) is 16.1 Å². The molecular weight excluding hydrogens is 158 g/mol. The van der Waals surface area contributed by atoms with Gasteiger partial charge in [0.25, 0.3) is 0 Å². The van der Waals surface area contributed by atoms with Crippen molar-refractivity contribution < 1.29 is 4.74 Å². The fourth-order valence-corrected chi connectivity index (χ4v) is 2.22. The highest BCUT2D eigenvalue weighted by Gasteiger charge is 2.31. The molecule has 0 bridgehead atoms. The zero-order valence-corrected chi connectivity index (χ0v) is 6.93. The SMILES string of the molecule is c1sc(C2CC2)nc1[C@H]1CO1. The molecule has 1 aromatic rings. The minimum Gasteiger partial charge on any atom is -0.366 e. The Morgan fingerprint density at radius 1 is 1.55 bits per heavy atom. The van der Waals surface area contributed by atoms with Crippen LogP contribution < -0.4 is 0 Å². The Kier molecular flexibility index (Phi) is 1.14. The Bertz CT molecular complexity index is 249. The number of rotatable bonds is 2. The van der Waals surface area contributed by atoms with E-state index in [2.05, 4.69) is 10.4 Å². The summed E-state index contributed by atoms with van der Waals surface area (Å²) in [5.74, 6) is 0.799. The Morgan fingerprint density at radius 3 is 3.00 bits per heavy atom. The number of thiazole rings is 1. The maximum Gasteiger partial charge on any atom is 0.124 e. The summed E-state index contributed by atoms with van der Waals surface area (Å²) in [7, 11) is 0. The van der Waals surface area contributed by atoms with E-state index in [4.69, 9.17) is 4.74 Å². The molecule has 1 aliphatic carbocycles. The quantitative estimate of drug-likeness (QED) is 0.630. The van der Waals surface area contributed by atoms with Crippen LogP contribution in [0, 0.1) is 0 Å². The van der Waals surface area contributed by atoms with Crippen LogP contribution in [-0.2, 0) is 4.74 Å². The highest BCUT2D eigenvalue weighted by Crippen LogP contribution is 2.43. The molecule has 11 heavy (non-hydrogen) atoms. The fourth-order valence-electron chi connectivity index (χ4n) is 1.19. The van der Waals surface area contributed by atoms with Gasteiger partial charge in [-0.2, -0.15) is 0 Å². The number of nitrogens with zero attached hydrogens (tertiary/aromatic N) is 1. The fraction of sp³-hybridized carbons (Fsp3) is 0.625. The second kappa shape index (κ2) is 2.05. The Labute approximate surface area is 69.2 Å². The first-order valence-corrected chi connectivity index (χ1v) is 4.88. The molecule has 0 spiro atoms. The van der Waals surface area contributed by atoms with Crippen molar-refractivity contribution in [3.63, 3.8) is 0 Å². The molecule has 1 atom stereocenters. The van der Waals surface area contributed by atoms with Crippen LogP contribution in [0.3, 0.4) is 0 Å². The van der Waals surface area contributed by atoms with Crippen LogP contribution >= 0.6 is 11.3 Å². The van der Waals surface area contributed by atoms with Crippen molar-refractivity contribution in [2.24, 2.45) is 0 Å². The topological polar surface area (TPSA) is 25.4 Å². The van der Waals surface area contributed by atoms with Gasteiger partial charge in [-0.25, -0.2) is 4.98 Å². The van der Waals surface area contributed by atoms with Gasteiger partial charge < -0.3 is 4.74 Å². The lowest BCUT2D eigenvalue weighted by Crippen LogP contribution is -1.81. The summed E-state index contributed by atoms with van der Waals surface area (Å²) < 4.78 is 5.15. The lowest BCUT2D eigenvalue weighted by Gasteiger charge is -1.85. The third-order valence-electron chi connectivity index (χ3n) is 2.13. The van der Waals surface area contributed by atoms with E-state index in [9.17, 15) is 0 Å². The Morgan fingerprint density at radius 2 is 2.36 bits per heavy atom. The Hall–Kier alpha value is -0.410.